The number of hydrogen-bond donors (Lipinski definition) is 1. The molecule has 1 atom stereocenters. The summed E-state index contributed by atoms with van der Waals surface area (Å²) in [6.07, 6.45) is 4.73. The maximum absolute atomic E-state index is 13.0. The van der Waals surface area contributed by atoms with Crippen LogP contribution in [-0.2, 0) is 16.2 Å². The van der Waals surface area contributed by atoms with Crippen molar-refractivity contribution < 1.29 is 14.0 Å². The van der Waals surface area contributed by atoms with Gasteiger partial charge in [0.25, 0.3) is 5.91 Å². The van der Waals surface area contributed by atoms with Crippen molar-refractivity contribution in [3.8, 4) is 0 Å². The monoisotopic (exact) mass is 330 g/mol. The second kappa shape index (κ2) is 6.82. The van der Waals surface area contributed by atoms with Crippen molar-refractivity contribution in [1.82, 2.24) is 15.1 Å². The summed E-state index contributed by atoms with van der Waals surface area (Å²) in [5, 5.41) is 11.0. The van der Waals surface area contributed by atoms with Gasteiger partial charge in [-0.05, 0) is 37.1 Å². The number of aromatic nitrogens is 2. The van der Waals surface area contributed by atoms with Crippen LogP contribution in [0.15, 0.2) is 47.9 Å². The third kappa shape index (κ3) is 3.61. The van der Waals surface area contributed by atoms with Crippen LogP contribution in [0.5, 0.6) is 0 Å². The number of oxime groups is 1. The lowest BCUT2D eigenvalue weighted by atomic mass is 9.95. The Labute approximate surface area is 139 Å². The van der Waals surface area contributed by atoms with Gasteiger partial charge in [-0.1, -0.05) is 17.3 Å². The Morgan fingerprint density at radius 1 is 1.42 bits per heavy atom. The number of rotatable bonds is 6. The minimum atomic E-state index is -1.03. The van der Waals surface area contributed by atoms with Gasteiger partial charge in [-0.3, -0.25) is 9.48 Å². The summed E-state index contributed by atoms with van der Waals surface area (Å²) in [5.41, 5.74) is 0.367. The summed E-state index contributed by atoms with van der Waals surface area (Å²) in [6, 6.07) is 7.85. The molecule has 0 spiro atoms. The minimum Gasteiger partial charge on any atom is -0.379 e. The third-order valence-corrected chi connectivity index (χ3v) is 3.93. The maximum atomic E-state index is 13.0. The Bertz CT molecular complexity index is 728. The number of carbonyl (C=O) groups is 1. The highest BCUT2D eigenvalue weighted by Crippen LogP contribution is 2.26. The number of hydrogen-bond acceptors (Lipinski definition) is 4. The van der Waals surface area contributed by atoms with Crippen LogP contribution in [0.25, 0.3) is 0 Å². The fraction of sp³-hybridized carbons (Fsp3) is 0.353. The Morgan fingerprint density at radius 2 is 2.21 bits per heavy atom. The number of carbonyl (C=O) groups excluding carboxylic acids is 1. The van der Waals surface area contributed by atoms with Crippen LogP contribution in [0.1, 0.15) is 25.3 Å². The molecule has 1 amide bonds. The molecule has 0 bridgehead atoms. The van der Waals surface area contributed by atoms with Crippen LogP contribution >= 0.6 is 0 Å². The second-order valence-corrected chi connectivity index (χ2v) is 5.92. The summed E-state index contributed by atoms with van der Waals surface area (Å²) in [5.74, 6) is -0.514. The molecule has 0 fully saturated rings. The highest BCUT2D eigenvalue weighted by molar-refractivity contribution is 6.05. The molecule has 126 valence electrons. The van der Waals surface area contributed by atoms with Gasteiger partial charge in [0.05, 0.1) is 5.71 Å². The van der Waals surface area contributed by atoms with Crippen LogP contribution in [-0.4, -0.2) is 33.5 Å². The Hall–Kier alpha value is -2.70. The van der Waals surface area contributed by atoms with Crippen molar-refractivity contribution in [2.45, 2.75) is 31.9 Å². The van der Waals surface area contributed by atoms with E-state index in [4.69, 9.17) is 4.84 Å². The first-order valence-electron chi connectivity index (χ1n) is 7.83. The molecule has 2 heterocycles. The van der Waals surface area contributed by atoms with Gasteiger partial charge >= 0.3 is 0 Å². The largest absolute Gasteiger partial charge is 0.379 e. The zero-order valence-electron chi connectivity index (χ0n) is 13.4. The van der Waals surface area contributed by atoms with E-state index >= 15 is 0 Å². The van der Waals surface area contributed by atoms with Crippen molar-refractivity contribution in [1.29, 1.82) is 0 Å². The quantitative estimate of drug-likeness (QED) is 0.825. The topological polar surface area (TPSA) is 68.5 Å². The molecular weight excluding hydrogens is 311 g/mol. The van der Waals surface area contributed by atoms with Gasteiger partial charge in [0, 0.05) is 31.9 Å². The smallest absolute Gasteiger partial charge is 0.267 e. The molecule has 0 saturated heterocycles. The van der Waals surface area contributed by atoms with Crippen LogP contribution in [0.3, 0.4) is 0 Å². The average molecular weight is 330 g/mol. The number of benzene rings is 1. The van der Waals surface area contributed by atoms with E-state index in [0.717, 1.165) is 18.5 Å². The Kier molecular flexibility index (Phi) is 4.59. The van der Waals surface area contributed by atoms with E-state index in [1.165, 1.54) is 12.1 Å². The second-order valence-electron chi connectivity index (χ2n) is 5.92. The van der Waals surface area contributed by atoms with Gasteiger partial charge in [0.15, 0.2) is 0 Å². The molecule has 0 radical (unpaired) electrons. The van der Waals surface area contributed by atoms with Crippen LogP contribution in [0, 0.1) is 5.82 Å². The van der Waals surface area contributed by atoms with E-state index < -0.39 is 5.60 Å². The molecule has 1 unspecified atom stereocenters. The number of nitrogens with one attached hydrogen (secondary N) is 1. The third-order valence-electron chi connectivity index (χ3n) is 3.93. The van der Waals surface area contributed by atoms with Gasteiger partial charge in [-0.25, -0.2) is 4.39 Å². The lowest BCUT2D eigenvalue weighted by molar-refractivity contribution is -0.141. The minimum absolute atomic E-state index is 0.205. The normalized spacial score (nSPS) is 19.7. The SMILES string of the molecule is CC1(C(=O)NCCCn2cccn2)CC(c2ccc(F)cc2)=NO1. The van der Waals surface area contributed by atoms with E-state index in [2.05, 4.69) is 15.6 Å². The average Bonchev–Trinajstić information content (AvgIpc) is 3.22. The molecule has 0 aliphatic carbocycles. The summed E-state index contributed by atoms with van der Waals surface area (Å²) in [4.78, 5) is 17.7. The summed E-state index contributed by atoms with van der Waals surface area (Å²) >= 11 is 0. The first kappa shape index (κ1) is 16.2. The van der Waals surface area contributed by atoms with Crippen LogP contribution in [0.4, 0.5) is 4.39 Å². The molecule has 1 aliphatic rings. The molecule has 0 saturated carbocycles. The zero-order chi connectivity index (χ0) is 17.0. The van der Waals surface area contributed by atoms with E-state index in [9.17, 15) is 9.18 Å². The first-order chi connectivity index (χ1) is 11.6. The van der Waals surface area contributed by atoms with Crippen molar-refractivity contribution in [2.75, 3.05) is 6.54 Å². The molecule has 6 nitrogen and oxygen atoms in total. The summed E-state index contributed by atoms with van der Waals surface area (Å²) in [6.45, 7) is 2.97. The van der Waals surface area contributed by atoms with E-state index in [1.54, 1.807) is 25.3 Å². The molecule has 2 aromatic rings. The van der Waals surface area contributed by atoms with Crippen LogP contribution in [0.2, 0.25) is 0 Å². The molecule has 1 aromatic carbocycles. The fourth-order valence-corrected chi connectivity index (χ4v) is 2.52. The maximum Gasteiger partial charge on any atom is 0.267 e. The standard InChI is InChI=1S/C17H19FN4O2/c1-17(16(23)19-8-2-10-22-11-3-9-20-22)12-15(21-24-17)13-4-6-14(18)7-5-13/h3-7,9,11H,2,8,10,12H2,1H3,(H,19,23). The summed E-state index contributed by atoms with van der Waals surface area (Å²) < 4.78 is 14.8. The molecular formula is C17H19FN4O2. The van der Waals surface area contributed by atoms with Crippen molar-refractivity contribution >= 4 is 11.6 Å². The number of amides is 1. The predicted molar refractivity (Wildman–Crippen MR) is 86.9 cm³/mol. The van der Waals surface area contributed by atoms with Crippen molar-refractivity contribution in [3.05, 3.63) is 54.1 Å². The zero-order valence-corrected chi connectivity index (χ0v) is 13.4. The van der Waals surface area contributed by atoms with E-state index in [1.807, 2.05) is 16.9 Å². The molecule has 1 N–H and O–H groups in total. The van der Waals surface area contributed by atoms with Gasteiger partial charge in [0.1, 0.15) is 5.82 Å². The first-order valence-corrected chi connectivity index (χ1v) is 7.83. The lowest BCUT2D eigenvalue weighted by Crippen LogP contribution is -2.45. The van der Waals surface area contributed by atoms with Crippen molar-refractivity contribution in [2.24, 2.45) is 5.16 Å². The predicted octanol–water partition coefficient (Wildman–Crippen LogP) is 2.11. The molecule has 3 rings (SSSR count). The van der Waals surface area contributed by atoms with Crippen molar-refractivity contribution in [3.63, 3.8) is 0 Å². The molecule has 7 heteroatoms. The molecule has 1 aromatic heterocycles. The molecule has 24 heavy (non-hydrogen) atoms. The highest BCUT2D eigenvalue weighted by Gasteiger charge is 2.41. The Balaban J connectivity index is 1.49. The Morgan fingerprint density at radius 3 is 2.92 bits per heavy atom. The van der Waals surface area contributed by atoms with Gasteiger partial charge in [-0.15, -0.1) is 0 Å². The number of nitrogens with zero attached hydrogens (tertiary/aromatic N) is 3. The van der Waals surface area contributed by atoms with Gasteiger partial charge in [0.2, 0.25) is 5.60 Å². The summed E-state index contributed by atoms with van der Waals surface area (Å²) in [7, 11) is 0. The van der Waals surface area contributed by atoms with E-state index in [0.29, 0.717) is 18.7 Å². The van der Waals surface area contributed by atoms with Gasteiger partial charge < -0.3 is 10.2 Å². The highest BCUT2D eigenvalue weighted by atomic mass is 19.1. The number of halogens is 1. The van der Waals surface area contributed by atoms with Crippen LogP contribution < -0.4 is 5.32 Å². The van der Waals surface area contributed by atoms with E-state index in [-0.39, 0.29) is 11.7 Å². The lowest BCUT2D eigenvalue weighted by Gasteiger charge is -2.20. The molecule has 1 aliphatic heterocycles. The number of aryl methyl sites for hydroxylation is 1. The fourth-order valence-electron chi connectivity index (χ4n) is 2.52. The van der Waals surface area contributed by atoms with Gasteiger partial charge in [-0.2, -0.15) is 5.10 Å².